The topological polar surface area (TPSA) is 88.3 Å². The number of carbonyl (C=O) groups is 2. The quantitative estimate of drug-likeness (QED) is 0.842. The molecule has 0 radical (unpaired) electrons. The van der Waals surface area contributed by atoms with Crippen LogP contribution in [0.25, 0.3) is 0 Å². The molecule has 7 nitrogen and oxygen atoms in total. The summed E-state index contributed by atoms with van der Waals surface area (Å²) in [6, 6.07) is 4.41. The Morgan fingerprint density at radius 2 is 2.16 bits per heavy atom. The first-order valence-electron chi connectivity index (χ1n) is 8.10. The summed E-state index contributed by atoms with van der Waals surface area (Å²) in [6.07, 6.45) is 1.53. The number of piperidine rings is 1. The first kappa shape index (κ1) is 17.1. The maximum atomic E-state index is 13.8. The van der Waals surface area contributed by atoms with Gasteiger partial charge in [-0.2, -0.15) is 4.98 Å². The fourth-order valence-electron chi connectivity index (χ4n) is 2.88. The van der Waals surface area contributed by atoms with Crippen LogP contribution in [0, 0.1) is 19.7 Å². The summed E-state index contributed by atoms with van der Waals surface area (Å²) in [7, 11) is 0. The van der Waals surface area contributed by atoms with Crippen LogP contribution in [0.1, 0.15) is 36.0 Å². The third-order valence-corrected chi connectivity index (χ3v) is 4.17. The van der Waals surface area contributed by atoms with Gasteiger partial charge in [-0.25, -0.2) is 4.39 Å². The first-order valence-corrected chi connectivity index (χ1v) is 8.10. The molecule has 1 N–H and O–H groups in total. The van der Waals surface area contributed by atoms with Gasteiger partial charge in [-0.3, -0.25) is 9.59 Å². The molecular formula is C17H19FN4O3. The maximum Gasteiger partial charge on any atom is 0.313 e. The second-order valence-corrected chi connectivity index (χ2v) is 6.21. The first-order chi connectivity index (χ1) is 11.9. The van der Waals surface area contributed by atoms with Crippen LogP contribution in [0.5, 0.6) is 0 Å². The minimum Gasteiger partial charge on any atom is -0.339 e. The van der Waals surface area contributed by atoms with E-state index in [4.69, 9.17) is 4.52 Å². The number of amides is 2. The van der Waals surface area contributed by atoms with Crippen LogP contribution in [-0.4, -0.2) is 39.9 Å². The molecule has 2 amide bonds. The minimum atomic E-state index is -0.856. The summed E-state index contributed by atoms with van der Waals surface area (Å²) >= 11 is 0. The SMILES string of the molecule is Cc1ccc(NC(=O)C(=O)N2CCC[C@H](c3nc(C)no3)C2)c(F)c1. The summed E-state index contributed by atoms with van der Waals surface area (Å²) in [4.78, 5) is 30.2. The van der Waals surface area contributed by atoms with E-state index in [9.17, 15) is 14.0 Å². The van der Waals surface area contributed by atoms with Crippen molar-refractivity contribution in [3.05, 3.63) is 41.3 Å². The lowest BCUT2D eigenvalue weighted by atomic mass is 9.98. The van der Waals surface area contributed by atoms with Gasteiger partial charge in [0.1, 0.15) is 5.82 Å². The number of likely N-dealkylation sites (tertiary alicyclic amines) is 1. The molecule has 2 aromatic rings. The zero-order chi connectivity index (χ0) is 18.0. The number of benzene rings is 1. The van der Waals surface area contributed by atoms with Gasteiger partial charge in [0, 0.05) is 13.1 Å². The van der Waals surface area contributed by atoms with Gasteiger partial charge in [0.25, 0.3) is 0 Å². The Morgan fingerprint density at radius 3 is 2.84 bits per heavy atom. The van der Waals surface area contributed by atoms with E-state index in [1.54, 1.807) is 19.9 Å². The van der Waals surface area contributed by atoms with Crippen molar-refractivity contribution in [3.63, 3.8) is 0 Å². The number of hydrogen-bond donors (Lipinski definition) is 1. The standard InChI is InChI=1S/C17H19FN4O3/c1-10-5-6-14(13(18)8-10)20-15(23)17(24)22-7-3-4-12(9-22)16-19-11(2)21-25-16/h5-6,8,12H,3-4,7,9H2,1-2H3,(H,20,23)/t12-/m0/s1. The molecule has 1 fully saturated rings. The van der Waals surface area contributed by atoms with E-state index in [0.717, 1.165) is 18.4 Å². The molecule has 132 valence electrons. The lowest BCUT2D eigenvalue weighted by Crippen LogP contribution is -2.44. The summed E-state index contributed by atoms with van der Waals surface area (Å²) in [5.74, 6) is -1.21. The zero-order valence-electron chi connectivity index (χ0n) is 14.1. The molecule has 0 aliphatic carbocycles. The molecule has 0 bridgehead atoms. The minimum absolute atomic E-state index is 0.00923. The van der Waals surface area contributed by atoms with Crippen LogP contribution in [-0.2, 0) is 9.59 Å². The van der Waals surface area contributed by atoms with E-state index < -0.39 is 17.6 Å². The predicted molar refractivity (Wildman–Crippen MR) is 87.4 cm³/mol. The lowest BCUT2D eigenvalue weighted by molar-refractivity contribution is -0.144. The number of anilines is 1. The van der Waals surface area contributed by atoms with Gasteiger partial charge in [0.05, 0.1) is 11.6 Å². The largest absolute Gasteiger partial charge is 0.339 e. The number of carbonyl (C=O) groups excluding carboxylic acids is 2. The Balaban J connectivity index is 1.66. The van der Waals surface area contributed by atoms with Crippen LogP contribution in [0.4, 0.5) is 10.1 Å². The third kappa shape index (κ3) is 3.84. The van der Waals surface area contributed by atoms with Crippen LogP contribution in [0.15, 0.2) is 22.7 Å². The van der Waals surface area contributed by atoms with Crippen LogP contribution < -0.4 is 5.32 Å². The predicted octanol–water partition coefficient (Wildman–Crippen LogP) is 2.17. The van der Waals surface area contributed by atoms with Crippen molar-refractivity contribution in [3.8, 4) is 0 Å². The average Bonchev–Trinajstić information content (AvgIpc) is 3.03. The number of nitrogens with one attached hydrogen (secondary N) is 1. The molecule has 0 unspecified atom stereocenters. The van der Waals surface area contributed by atoms with Crippen molar-refractivity contribution < 1.29 is 18.5 Å². The maximum absolute atomic E-state index is 13.8. The van der Waals surface area contributed by atoms with E-state index in [1.807, 2.05) is 0 Å². The smallest absolute Gasteiger partial charge is 0.313 e. The van der Waals surface area contributed by atoms with Crippen molar-refractivity contribution >= 4 is 17.5 Å². The molecule has 8 heteroatoms. The Morgan fingerprint density at radius 1 is 1.36 bits per heavy atom. The van der Waals surface area contributed by atoms with Gasteiger partial charge in [-0.05, 0) is 44.4 Å². The highest BCUT2D eigenvalue weighted by atomic mass is 19.1. The molecule has 1 aromatic carbocycles. The van der Waals surface area contributed by atoms with Crippen molar-refractivity contribution in [2.75, 3.05) is 18.4 Å². The van der Waals surface area contributed by atoms with Gasteiger partial charge >= 0.3 is 11.8 Å². The fraction of sp³-hybridized carbons (Fsp3) is 0.412. The van der Waals surface area contributed by atoms with E-state index >= 15 is 0 Å². The summed E-state index contributed by atoms with van der Waals surface area (Å²) in [6.45, 7) is 4.26. The van der Waals surface area contributed by atoms with E-state index in [-0.39, 0.29) is 11.6 Å². The second-order valence-electron chi connectivity index (χ2n) is 6.21. The van der Waals surface area contributed by atoms with E-state index in [0.29, 0.717) is 24.8 Å². The molecular weight excluding hydrogens is 327 g/mol. The number of rotatable bonds is 2. The van der Waals surface area contributed by atoms with Crippen LogP contribution >= 0.6 is 0 Å². The van der Waals surface area contributed by atoms with Crippen molar-refractivity contribution in [1.29, 1.82) is 0 Å². The molecule has 3 rings (SSSR count). The third-order valence-electron chi connectivity index (χ3n) is 4.17. The number of hydrogen-bond acceptors (Lipinski definition) is 5. The second kappa shape index (κ2) is 7.00. The normalized spacial score (nSPS) is 17.4. The summed E-state index contributed by atoms with van der Waals surface area (Å²) in [5.41, 5.74) is 0.723. The number of halogens is 1. The molecule has 0 saturated carbocycles. The molecule has 1 atom stereocenters. The summed E-state index contributed by atoms with van der Waals surface area (Å²) < 4.78 is 19.0. The van der Waals surface area contributed by atoms with Gasteiger partial charge in [0.15, 0.2) is 5.82 Å². The Labute approximate surface area is 144 Å². The Bertz CT molecular complexity index is 805. The molecule has 2 heterocycles. The van der Waals surface area contributed by atoms with Gasteiger partial charge in [-0.1, -0.05) is 11.2 Å². The molecule has 1 saturated heterocycles. The van der Waals surface area contributed by atoms with Crippen LogP contribution in [0.3, 0.4) is 0 Å². The molecule has 25 heavy (non-hydrogen) atoms. The number of aryl methyl sites for hydroxylation is 2. The van der Waals surface area contributed by atoms with Crippen LogP contribution in [0.2, 0.25) is 0 Å². The van der Waals surface area contributed by atoms with Gasteiger partial charge in [-0.15, -0.1) is 0 Å². The zero-order valence-corrected chi connectivity index (χ0v) is 14.1. The van der Waals surface area contributed by atoms with Gasteiger partial charge < -0.3 is 14.7 Å². The highest BCUT2D eigenvalue weighted by Crippen LogP contribution is 2.26. The number of nitrogens with zero attached hydrogens (tertiary/aromatic N) is 3. The Hall–Kier alpha value is -2.77. The summed E-state index contributed by atoms with van der Waals surface area (Å²) in [5, 5.41) is 6.10. The monoisotopic (exact) mass is 346 g/mol. The Kier molecular flexibility index (Phi) is 4.78. The number of aromatic nitrogens is 2. The van der Waals surface area contributed by atoms with Crippen molar-refractivity contribution in [2.45, 2.75) is 32.6 Å². The lowest BCUT2D eigenvalue weighted by Gasteiger charge is -2.30. The highest BCUT2D eigenvalue weighted by molar-refractivity contribution is 6.39. The molecule has 1 aromatic heterocycles. The van der Waals surface area contributed by atoms with Gasteiger partial charge in [0.2, 0.25) is 5.89 Å². The van der Waals surface area contributed by atoms with E-state index in [1.165, 1.54) is 17.0 Å². The highest BCUT2D eigenvalue weighted by Gasteiger charge is 2.31. The molecule has 1 aliphatic heterocycles. The average molecular weight is 346 g/mol. The molecule has 1 aliphatic rings. The van der Waals surface area contributed by atoms with E-state index in [2.05, 4.69) is 15.5 Å². The van der Waals surface area contributed by atoms with Crippen molar-refractivity contribution in [2.24, 2.45) is 0 Å². The van der Waals surface area contributed by atoms with Crippen molar-refractivity contribution in [1.82, 2.24) is 15.0 Å². The molecule has 0 spiro atoms. The fourth-order valence-corrected chi connectivity index (χ4v) is 2.88.